The van der Waals surface area contributed by atoms with E-state index in [1.54, 1.807) is 6.20 Å². The highest BCUT2D eigenvalue weighted by Crippen LogP contribution is 2.41. The lowest BCUT2D eigenvalue weighted by atomic mass is 9.92. The summed E-state index contributed by atoms with van der Waals surface area (Å²) in [5, 5.41) is 8.60. The first-order valence-corrected chi connectivity index (χ1v) is 6.43. The van der Waals surface area contributed by atoms with Gasteiger partial charge in [0.05, 0.1) is 16.9 Å². The normalized spacial score (nSPS) is 29.9. The fourth-order valence-electron chi connectivity index (χ4n) is 2.94. The van der Waals surface area contributed by atoms with Crippen molar-refractivity contribution in [3.05, 3.63) is 16.9 Å². The Balaban J connectivity index is 2.18. The second-order valence-electron chi connectivity index (χ2n) is 4.71. The summed E-state index contributed by atoms with van der Waals surface area (Å²) < 4.78 is 1.93. The molecule has 1 fully saturated rings. The molecule has 0 aromatic carbocycles. The first-order valence-electron chi connectivity index (χ1n) is 6.06. The number of rotatable bonds is 3. The van der Waals surface area contributed by atoms with Crippen LogP contribution in [0.3, 0.4) is 0 Å². The van der Waals surface area contributed by atoms with Gasteiger partial charge >= 0.3 is 0 Å². The molecular weight excluding hydrogens is 222 g/mol. The van der Waals surface area contributed by atoms with Crippen molar-refractivity contribution in [2.75, 3.05) is 6.54 Å². The fourth-order valence-corrected chi connectivity index (χ4v) is 3.24. The van der Waals surface area contributed by atoms with Gasteiger partial charge in [-0.05, 0) is 25.3 Å². The zero-order valence-corrected chi connectivity index (χ0v) is 11.0. The Bertz CT molecular complexity index is 342. The van der Waals surface area contributed by atoms with Crippen LogP contribution in [-0.2, 0) is 7.05 Å². The highest BCUT2D eigenvalue weighted by Gasteiger charge is 2.35. The zero-order chi connectivity index (χ0) is 11.7. The van der Waals surface area contributed by atoms with Crippen LogP contribution in [0.1, 0.15) is 38.3 Å². The summed E-state index contributed by atoms with van der Waals surface area (Å²) in [5.74, 6) is 1.18. The van der Waals surface area contributed by atoms with Crippen LogP contribution in [0.25, 0.3) is 0 Å². The Morgan fingerprint density at radius 3 is 2.88 bits per heavy atom. The minimum absolute atomic E-state index is 0.545. The average Bonchev–Trinajstić information content (AvgIpc) is 2.75. The van der Waals surface area contributed by atoms with E-state index in [4.69, 9.17) is 11.6 Å². The molecule has 0 radical (unpaired) electrons. The van der Waals surface area contributed by atoms with Crippen LogP contribution in [0.4, 0.5) is 0 Å². The molecule has 3 atom stereocenters. The van der Waals surface area contributed by atoms with E-state index in [1.807, 2.05) is 11.7 Å². The smallest absolute Gasteiger partial charge is 0.0820 e. The van der Waals surface area contributed by atoms with Crippen LogP contribution in [0.5, 0.6) is 0 Å². The number of aromatic nitrogens is 2. The standard InChI is InChI=1S/C12H20ClN3/c1-4-14-11-6-5-9(8(11)2)12-10(13)7-15-16(12)3/h7-9,11,14H,4-6H2,1-3H3. The molecule has 16 heavy (non-hydrogen) atoms. The summed E-state index contributed by atoms with van der Waals surface area (Å²) >= 11 is 6.21. The van der Waals surface area contributed by atoms with Crippen LogP contribution >= 0.6 is 11.6 Å². The lowest BCUT2D eigenvalue weighted by Crippen LogP contribution is -2.32. The third-order valence-electron chi connectivity index (χ3n) is 3.81. The maximum atomic E-state index is 6.21. The second kappa shape index (κ2) is 4.76. The molecule has 1 aromatic rings. The maximum Gasteiger partial charge on any atom is 0.0820 e. The molecule has 1 aliphatic rings. The molecule has 0 spiro atoms. The van der Waals surface area contributed by atoms with E-state index in [-0.39, 0.29) is 0 Å². The summed E-state index contributed by atoms with van der Waals surface area (Å²) in [6.07, 6.45) is 4.20. The summed E-state index contributed by atoms with van der Waals surface area (Å²) in [4.78, 5) is 0. The van der Waals surface area contributed by atoms with Gasteiger partial charge in [-0.25, -0.2) is 0 Å². The predicted molar refractivity (Wildman–Crippen MR) is 66.8 cm³/mol. The third-order valence-corrected chi connectivity index (χ3v) is 4.10. The van der Waals surface area contributed by atoms with Crippen molar-refractivity contribution in [1.29, 1.82) is 0 Å². The molecule has 1 saturated carbocycles. The first kappa shape index (κ1) is 11.9. The summed E-state index contributed by atoms with van der Waals surface area (Å²) in [5.41, 5.74) is 1.20. The number of aryl methyl sites for hydroxylation is 1. The molecule has 3 nitrogen and oxygen atoms in total. The first-order chi connectivity index (χ1) is 7.65. The quantitative estimate of drug-likeness (QED) is 0.882. The van der Waals surface area contributed by atoms with Crippen LogP contribution in [-0.4, -0.2) is 22.4 Å². The van der Waals surface area contributed by atoms with Crippen LogP contribution in [0, 0.1) is 5.92 Å². The summed E-state index contributed by atoms with van der Waals surface area (Å²) in [6.45, 7) is 5.52. The molecule has 90 valence electrons. The van der Waals surface area contributed by atoms with Crippen molar-refractivity contribution in [2.45, 2.75) is 38.6 Å². The average molecular weight is 242 g/mol. The minimum atomic E-state index is 0.545. The molecule has 0 aliphatic heterocycles. The van der Waals surface area contributed by atoms with Crippen LogP contribution < -0.4 is 5.32 Å². The van der Waals surface area contributed by atoms with Gasteiger partial charge in [0.2, 0.25) is 0 Å². The van der Waals surface area contributed by atoms with Crippen molar-refractivity contribution < 1.29 is 0 Å². The zero-order valence-electron chi connectivity index (χ0n) is 10.2. The molecule has 1 heterocycles. The Hall–Kier alpha value is -0.540. The van der Waals surface area contributed by atoms with Crippen LogP contribution in [0.15, 0.2) is 6.20 Å². The molecule has 1 N–H and O–H groups in total. The minimum Gasteiger partial charge on any atom is -0.314 e. The predicted octanol–water partition coefficient (Wildman–Crippen LogP) is 2.57. The van der Waals surface area contributed by atoms with Gasteiger partial charge in [0, 0.05) is 19.0 Å². The van der Waals surface area contributed by atoms with Crippen molar-refractivity contribution in [2.24, 2.45) is 13.0 Å². The summed E-state index contributed by atoms with van der Waals surface area (Å²) in [7, 11) is 1.98. The largest absolute Gasteiger partial charge is 0.314 e. The number of nitrogens with zero attached hydrogens (tertiary/aromatic N) is 2. The maximum absolute atomic E-state index is 6.21. The Morgan fingerprint density at radius 2 is 2.31 bits per heavy atom. The number of hydrogen-bond acceptors (Lipinski definition) is 2. The van der Waals surface area contributed by atoms with Gasteiger partial charge in [-0.1, -0.05) is 25.4 Å². The topological polar surface area (TPSA) is 29.9 Å². The molecule has 2 rings (SSSR count). The monoisotopic (exact) mass is 241 g/mol. The molecule has 3 unspecified atom stereocenters. The number of hydrogen-bond donors (Lipinski definition) is 1. The van der Waals surface area contributed by atoms with Crippen molar-refractivity contribution in [3.8, 4) is 0 Å². The van der Waals surface area contributed by atoms with Gasteiger partial charge in [0.1, 0.15) is 0 Å². The molecule has 4 heteroatoms. The molecule has 1 aromatic heterocycles. The van der Waals surface area contributed by atoms with E-state index in [9.17, 15) is 0 Å². The van der Waals surface area contributed by atoms with Gasteiger partial charge in [0.25, 0.3) is 0 Å². The molecular formula is C12H20ClN3. The van der Waals surface area contributed by atoms with Crippen molar-refractivity contribution in [1.82, 2.24) is 15.1 Å². The fraction of sp³-hybridized carbons (Fsp3) is 0.750. The Kier molecular flexibility index (Phi) is 3.55. The Labute approximate surface area is 102 Å². The highest BCUT2D eigenvalue weighted by atomic mass is 35.5. The van der Waals surface area contributed by atoms with E-state index < -0.39 is 0 Å². The van der Waals surface area contributed by atoms with Gasteiger partial charge in [-0.3, -0.25) is 4.68 Å². The lowest BCUT2D eigenvalue weighted by Gasteiger charge is -2.21. The van der Waals surface area contributed by atoms with Crippen LogP contribution in [0.2, 0.25) is 5.02 Å². The van der Waals surface area contributed by atoms with E-state index in [0.717, 1.165) is 11.6 Å². The van der Waals surface area contributed by atoms with E-state index in [1.165, 1.54) is 18.5 Å². The number of halogens is 1. The molecule has 0 bridgehead atoms. The van der Waals surface area contributed by atoms with Gasteiger partial charge in [-0.2, -0.15) is 5.10 Å². The molecule has 0 saturated heterocycles. The summed E-state index contributed by atoms with van der Waals surface area (Å²) in [6, 6.07) is 0.626. The lowest BCUT2D eigenvalue weighted by molar-refractivity contribution is 0.402. The van der Waals surface area contributed by atoms with E-state index >= 15 is 0 Å². The SMILES string of the molecule is CCNC1CCC(c2c(Cl)cnn2C)C1C. The van der Waals surface area contributed by atoms with Crippen molar-refractivity contribution in [3.63, 3.8) is 0 Å². The third kappa shape index (κ3) is 1.98. The van der Waals surface area contributed by atoms with Crippen molar-refractivity contribution >= 4 is 11.6 Å². The second-order valence-corrected chi connectivity index (χ2v) is 5.12. The highest BCUT2D eigenvalue weighted by molar-refractivity contribution is 6.31. The van der Waals surface area contributed by atoms with E-state index in [2.05, 4.69) is 24.3 Å². The van der Waals surface area contributed by atoms with Gasteiger partial charge in [-0.15, -0.1) is 0 Å². The van der Waals surface area contributed by atoms with Gasteiger partial charge in [0.15, 0.2) is 0 Å². The number of nitrogens with one attached hydrogen (secondary N) is 1. The van der Waals surface area contributed by atoms with Gasteiger partial charge < -0.3 is 5.32 Å². The molecule has 0 amide bonds. The Morgan fingerprint density at radius 1 is 1.56 bits per heavy atom. The molecule has 1 aliphatic carbocycles. The van der Waals surface area contributed by atoms with E-state index in [0.29, 0.717) is 17.9 Å².